The predicted octanol–water partition coefficient (Wildman–Crippen LogP) is 2.35. The Hall–Kier alpha value is -0.570. The summed E-state index contributed by atoms with van der Waals surface area (Å²) in [7, 11) is 1.44. The highest BCUT2D eigenvalue weighted by atomic mass is 16.5. The molecule has 0 aromatic heterocycles. The van der Waals surface area contributed by atoms with Gasteiger partial charge in [-0.3, -0.25) is 4.79 Å². The largest absolute Gasteiger partial charge is 0.468 e. The second kappa shape index (κ2) is 7.69. The lowest BCUT2D eigenvalue weighted by Gasteiger charge is -2.24. The predicted molar refractivity (Wildman–Crippen MR) is 62.8 cm³/mol. The van der Waals surface area contributed by atoms with Gasteiger partial charge in [-0.2, -0.15) is 0 Å². The molecular weight excluding hydrogens is 190 g/mol. The molecule has 0 aromatic rings. The Morgan fingerprint density at radius 1 is 1.33 bits per heavy atom. The number of carbonyl (C=O) groups excluding carboxylic acids is 1. The average molecular weight is 215 g/mol. The summed E-state index contributed by atoms with van der Waals surface area (Å²) in [5.74, 6) is 0.106. The van der Waals surface area contributed by atoms with Gasteiger partial charge in [0, 0.05) is 6.04 Å². The minimum atomic E-state index is -0.179. The van der Waals surface area contributed by atoms with Crippen LogP contribution in [0.3, 0.4) is 0 Å². The maximum Gasteiger partial charge on any atom is 0.323 e. The average Bonchev–Trinajstić information content (AvgIpc) is 2.21. The van der Waals surface area contributed by atoms with Crippen LogP contribution in [0.2, 0.25) is 0 Å². The van der Waals surface area contributed by atoms with Crippen molar-refractivity contribution in [3.8, 4) is 0 Å². The molecule has 0 aromatic carbocycles. The van der Waals surface area contributed by atoms with Crippen molar-refractivity contribution in [2.45, 2.75) is 59.0 Å². The van der Waals surface area contributed by atoms with E-state index in [2.05, 4.69) is 19.2 Å². The number of hydrogen-bond donors (Lipinski definition) is 1. The van der Waals surface area contributed by atoms with E-state index in [1.165, 1.54) is 20.0 Å². The summed E-state index contributed by atoms with van der Waals surface area (Å²) in [6.45, 7) is 8.35. The SMILES string of the molecule is CCCCC(C)NC(C(=O)OC)C(C)C. The highest BCUT2D eigenvalue weighted by molar-refractivity contribution is 5.75. The van der Waals surface area contributed by atoms with Crippen LogP contribution < -0.4 is 5.32 Å². The van der Waals surface area contributed by atoms with Gasteiger partial charge in [-0.1, -0.05) is 33.6 Å². The van der Waals surface area contributed by atoms with Crippen molar-refractivity contribution >= 4 is 5.97 Å². The van der Waals surface area contributed by atoms with Crippen molar-refractivity contribution in [2.75, 3.05) is 7.11 Å². The number of rotatable bonds is 7. The second-order valence-electron chi connectivity index (χ2n) is 4.45. The van der Waals surface area contributed by atoms with E-state index in [1.807, 2.05) is 13.8 Å². The minimum Gasteiger partial charge on any atom is -0.468 e. The number of esters is 1. The van der Waals surface area contributed by atoms with E-state index >= 15 is 0 Å². The van der Waals surface area contributed by atoms with Gasteiger partial charge in [0.2, 0.25) is 0 Å². The maximum absolute atomic E-state index is 11.5. The molecule has 0 aliphatic rings. The molecule has 0 spiro atoms. The first-order valence-electron chi connectivity index (χ1n) is 5.86. The molecule has 0 heterocycles. The van der Waals surface area contributed by atoms with Crippen molar-refractivity contribution < 1.29 is 9.53 Å². The van der Waals surface area contributed by atoms with Crippen LogP contribution in [0, 0.1) is 5.92 Å². The molecule has 1 N–H and O–H groups in total. The molecule has 0 bridgehead atoms. The van der Waals surface area contributed by atoms with E-state index in [4.69, 9.17) is 4.74 Å². The molecule has 3 nitrogen and oxygen atoms in total. The Labute approximate surface area is 93.6 Å². The summed E-state index contributed by atoms with van der Waals surface area (Å²) in [6, 6.07) is 0.193. The molecule has 3 heteroatoms. The van der Waals surface area contributed by atoms with E-state index in [0.717, 1.165) is 6.42 Å². The Kier molecular flexibility index (Phi) is 7.39. The van der Waals surface area contributed by atoms with Gasteiger partial charge in [-0.05, 0) is 19.3 Å². The van der Waals surface area contributed by atoms with Crippen LogP contribution in [-0.4, -0.2) is 25.2 Å². The van der Waals surface area contributed by atoms with Gasteiger partial charge < -0.3 is 10.1 Å². The van der Waals surface area contributed by atoms with Gasteiger partial charge >= 0.3 is 5.97 Å². The van der Waals surface area contributed by atoms with Crippen LogP contribution in [0.4, 0.5) is 0 Å². The third-order valence-electron chi connectivity index (χ3n) is 2.58. The van der Waals surface area contributed by atoms with E-state index in [9.17, 15) is 4.79 Å². The first-order chi connectivity index (χ1) is 7.02. The van der Waals surface area contributed by atoms with Gasteiger partial charge in [0.15, 0.2) is 0 Å². The topological polar surface area (TPSA) is 38.3 Å². The number of ether oxygens (including phenoxy) is 1. The number of hydrogen-bond acceptors (Lipinski definition) is 3. The maximum atomic E-state index is 11.5. The number of methoxy groups -OCH3 is 1. The van der Waals surface area contributed by atoms with Crippen LogP contribution in [0.15, 0.2) is 0 Å². The highest BCUT2D eigenvalue weighted by Crippen LogP contribution is 2.07. The van der Waals surface area contributed by atoms with E-state index in [1.54, 1.807) is 0 Å². The Bertz CT molecular complexity index is 180. The van der Waals surface area contributed by atoms with Crippen molar-refractivity contribution in [1.29, 1.82) is 0 Å². The van der Waals surface area contributed by atoms with Gasteiger partial charge in [0.05, 0.1) is 7.11 Å². The van der Waals surface area contributed by atoms with E-state index < -0.39 is 0 Å². The molecular formula is C12H25NO2. The molecule has 0 saturated carbocycles. The molecule has 15 heavy (non-hydrogen) atoms. The molecule has 0 aliphatic carbocycles. The van der Waals surface area contributed by atoms with Crippen LogP contribution in [0.25, 0.3) is 0 Å². The number of unbranched alkanes of at least 4 members (excludes halogenated alkanes) is 1. The Morgan fingerprint density at radius 2 is 1.93 bits per heavy atom. The fraction of sp³-hybridized carbons (Fsp3) is 0.917. The fourth-order valence-corrected chi connectivity index (χ4v) is 1.56. The van der Waals surface area contributed by atoms with Crippen molar-refractivity contribution in [1.82, 2.24) is 5.32 Å². The molecule has 2 unspecified atom stereocenters. The third-order valence-corrected chi connectivity index (χ3v) is 2.58. The molecule has 0 aliphatic heterocycles. The van der Waals surface area contributed by atoms with Crippen molar-refractivity contribution in [3.05, 3.63) is 0 Å². The van der Waals surface area contributed by atoms with E-state index in [-0.39, 0.29) is 17.9 Å². The monoisotopic (exact) mass is 215 g/mol. The minimum absolute atomic E-state index is 0.159. The van der Waals surface area contributed by atoms with Crippen molar-refractivity contribution in [2.24, 2.45) is 5.92 Å². The Morgan fingerprint density at radius 3 is 2.33 bits per heavy atom. The van der Waals surface area contributed by atoms with Crippen LogP contribution in [0.5, 0.6) is 0 Å². The quantitative estimate of drug-likeness (QED) is 0.662. The first-order valence-corrected chi connectivity index (χ1v) is 5.86. The molecule has 0 saturated heterocycles. The summed E-state index contributed by atoms with van der Waals surface area (Å²) < 4.78 is 4.78. The van der Waals surface area contributed by atoms with Gasteiger partial charge in [-0.15, -0.1) is 0 Å². The Balaban J connectivity index is 4.10. The molecule has 0 rings (SSSR count). The molecule has 90 valence electrons. The van der Waals surface area contributed by atoms with E-state index in [0.29, 0.717) is 6.04 Å². The van der Waals surface area contributed by atoms with Gasteiger partial charge in [0.1, 0.15) is 6.04 Å². The van der Waals surface area contributed by atoms with Crippen LogP contribution in [-0.2, 0) is 9.53 Å². The first kappa shape index (κ1) is 14.4. The van der Waals surface area contributed by atoms with Gasteiger partial charge in [0.25, 0.3) is 0 Å². The summed E-state index contributed by atoms with van der Waals surface area (Å²) in [6.07, 6.45) is 3.49. The lowest BCUT2D eigenvalue weighted by atomic mass is 10.0. The normalized spacial score (nSPS) is 15.1. The third kappa shape index (κ3) is 5.78. The summed E-state index contributed by atoms with van der Waals surface area (Å²) in [5.41, 5.74) is 0. The number of carbonyl (C=O) groups is 1. The molecule has 0 amide bonds. The smallest absolute Gasteiger partial charge is 0.323 e. The van der Waals surface area contributed by atoms with Gasteiger partial charge in [-0.25, -0.2) is 0 Å². The van der Waals surface area contributed by atoms with Crippen LogP contribution in [0.1, 0.15) is 47.0 Å². The second-order valence-corrected chi connectivity index (χ2v) is 4.45. The molecule has 2 atom stereocenters. The zero-order valence-corrected chi connectivity index (χ0v) is 10.7. The summed E-state index contributed by atoms with van der Waals surface area (Å²) in [5, 5.41) is 3.33. The lowest BCUT2D eigenvalue weighted by Crippen LogP contribution is -2.46. The zero-order chi connectivity index (χ0) is 11.8. The summed E-state index contributed by atoms with van der Waals surface area (Å²) >= 11 is 0. The molecule has 0 fully saturated rings. The van der Waals surface area contributed by atoms with Crippen LogP contribution >= 0.6 is 0 Å². The standard InChI is InChI=1S/C12H25NO2/c1-6-7-8-10(4)13-11(9(2)3)12(14)15-5/h9-11,13H,6-8H2,1-5H3. The highest BCUT2D eigenvalue weighted by Gasteiger charge is 2.23. The lowest BCUT2D eigenvalue weighted by molar-refractivity contribution is -0.144. The zero-order valence-electron chi connectivity index (χ0n) is 10.7. The fourth-order valence-electron chi connectivity index (χ4n) is 1.56. The summed E-state index contributed by atoms with van der Waals surface area (Å²) in [4.78, 5) is 11.5. The van der Waals surface area contributed by atoms with Crippen molar-refractivity contribution in [3.63, 3.8) is 0 Å². The molecule has 0 radical (unpaired) electrons. The number of nitrogens with one attached hydrogen (secondary N) is 1.